The number of benzene rings is 1. The molecule has 4 rings (SSSR count). The molecule has 1 fully saturated rings. The van der Waals surface area contributed by atoms with Crippen LogP contribution in [0.3, 0.4) is 0 Å². The van der Waals surface area contributed by atoms with Gasteiger partial charge in [-0.1, -0.05) is 18.2 Å². The van der Waals surface area contributed by atoms with Gasteiger partial charge in [0.15, 0.2) is 0 Å². The van der Waals surface area contributed by atoms with Crippen molar-refractivity contribution in [3.63, 3.8) is 0 Å². The first-order valence-electron chi connectivity index (χ1n) is 9.58. The van der Waals surface area contributed by atoms with E-state index >= 15 is 0 Å². The second kappa shape index (κ2) is 8.68. The quantitative estimate of drug-likeness (QED) is 0.724. The van der Waals surface area contributed by atoms with Crippen LogP contribution in [0.2, 0.25) is 0 Å². The lowest BCUT2D eigenvalue weighted by atomic mass is 10.2. The fourth-order valence-corrected chi connectivity index (χ4v) is 3.39. The lowest BCUT2D eigenvalue weighted by Crippen LogP contribution is -2.49. The first-order valence-corrected chi connectivity index (χ1v) is 9.58. The highest BCUT2D eigenvalue weighted by atomic mass is 19.1. The van der Waals surface area contributed by atoms with Crippen molar-refractivity contribution < 1.29 is 9.18 Å². The summed E-state index contributed by atoms with van der Waals surface area (Å²) in [5, 5.41) is 3.25. The van der Waals surface area contributed by atoms with Gasteiger partial charge >= 0.3 is 0 Å². The molecule has 0 atom stereocenters. The van der Waals surface area contributed by atoms with E-state index in [-0.39, 0.29) is 11.7 Å². The molecule has 1 amide bonds. The number of pyridine rings is 2. The molecule has 29 heavy (non-hydrogen) atoms. The summed E-state index contributed by atoms with van der Waals surface area (Å²) in [4.78, 5) is 25.1. The van der Waals surface area contributed by atoms with Crippen LogP contribution in [0.4, 0.5) is 15.8 Å². The van der Waals surface area contributed by atoms with E-state index in [4.69, 9.17) is 0 Å². The Morgan fingerprint density at radius 1 is 1.03 bits per heavy atom. The maximum absolute atomic E-state index is 14.0. The number of nitrogens with zero attached hydrogens (tertiary/aromatic N) is 4. The molecule has 6 nitrogen and oxygen atoms in total. The van der Waals surface area contributed by atoms with Gasteiger partial charge in [0, 0.05) is 44.8 Å². The van der Waals surface area contributed by atoms with Crippen molar-refractivity contribution in [2.45, 2.75) is 6.54 Å². The fourth-order valence-electron chi connectivity index (χ4n) is 3.39. The molecule has 1 saturated heterocycles. The van der Waals surface area contributed by atoms with Gasteiger partial charge in [0.1, 0.15) is 5.82 Å². The van der Waals surface area contributed by atoms with Crippen LogP contribution in [-0.4, -0.2) is 47.0 Å². The van der Waals surface area contributed by atoms with Crippen LogP contribution >= 0.6 is 0 Å². The molecular weight excluding hydrogens is 369 g/mol. The molecule has 0 saturated carbocycles. The van der Waals surface area contributed by atoms with E-state index in [2.05, 4.69) is 15.3 Å². The van der Waals surface area contributed by atoms with Crippen LogP contribution in [0.5, 0.6) is 0 Å². The molecule has 3 aromatic rings. The molecular formula is C22H22FN5O. The molecule has 0 radical (unpaired) electrons. The van der Waals surface area contributed by atoms with E-state index in [0.29, 0.717) is 44.0 Å². The SMILES string of the molecule is O=C(c1cncc(NCc2ccccn2)c1)N1CCN(c2ccccc2F)CC1. The Morgan fingerprint density at radius 3 is 2.59 bits per heavy atom. The average Bonchev–Trinajstić information content (AvgIpc) is 2.79. The predicted octanol–water partition coefficient (Wildman–Crippen LogP) is 3.19. The van der Waals surface area contributed by atoms with Gasteiger partial charge in [0.2, 0.25) is 0 Å². The number of hydrogen-bond donors (Lipinski definition) is 1. The van der Waals surface area contributed by atoms with Crippen molar-refractivity contribution in [3.05, 3.63) is 84.2 Å². The summed E-state index contributed by atoms with van der Waals surface area (Å²) in [6.45, 7) is 2.83. The highest BCUT2D eigenvalue weighted by molar-refractivity contribution is 5.95. The number of aromatic nitrogens is 2. The molecule has 0 aliphatic carbocycles. The van der Waals surface area contributed by atoms with Crippen LogP contribution in [0.1, 0.15) is 16.1 Å². The highest BCUT2D eigenvalue weighted by Crippen LogP contribution is 2.21. The second-order valence-corrected chi connectivity index (χ2v) is 6.87. The Kier molecular flexibility index (Phi) is 5.65. The summed E-state index contributed by atoms with van der Waals surface area (Å²) in [5.41, 5.74) is 2.80. The molecule has 0 bridgehead atoms. The van der Waals surface area contributed by atoms with Crippen molar-refractivity contribution in [1.82, 2.24) is 14.9 Å². The van der Waals surface area contributed by atoms with Gasteiger partial charge in [-0.3, -0.25) is 14.8 Å². The minimum Gasteiger partial charge on any atom is -0.378 e. The third kappa shape index (κ3) is 4.51. The molecule has 1 aliphatic heterocycles. The smallest absolute Gasteiger partial charge is 0.255 e. The molecule has 1 aliphatic rings. The van der Waals surface area contributed by atoms with Crippen LogP contribution in [0.15, 0.2) is 67.1 Å². The number of hydrogen-bond acceptors (Lipinski definition) is 5. The van der Waals surface area contributed by atoms with E-state index in [1.165, 1.54) is 6.07 Å². The van der Waals surface area contributed by atoms with Gasteiger partial charge in [-0.2, -0.15) is 0 Å². The minimum absolute atomic E-state index is 0.0628. The monoisotopic (exact) mass is 391 g/mol. The van der Waals surface area contributed by atoms with Gasteiger partial charge in [0.05, 0.1) is 29.2 Å². The third-order valence-electron chi connectivity index (χ3n) is 4.94. The molecule has 7 heteroatoms. The minimum atomic E-state index is -0.233. The van der Waals surface area contributed by atoms with E-state index in [0.717, 1.165) is 11.4 Å². The molecule has 3 heterocycles. The summed E-state index contributed by atoms with van der Waals surface area (Å²) in [6, 6.07) is 14.3. The van der Waals surface area contributed by atoms with E-state index in [1.54, 1.807) is 35.6 Å². The summed E-state index contributed by atoms with van der Waals surface area (Å²) in [7, 11) is 0. The van der Waals surface area contributed by atoms with Crippen LogP contribution < -0.4 is 10.2 Å². The topological polar surface area (TPSA) is 61.4 Å². The van der Waals surface area contributed by atoms with E-state index in [9.17, 15) is 9.18 Å². The fraction of sp³-hybridized carbons (Fsp3) is 0.227. The standard InChI is InChI=1S/C22H22FN5O/c23-20-6-1-2-7-21(20)27-9-11-28(12-10-27)22(29)17-13-19(15-24-14-17)26-16-18-5-3-4-8-25-18/h1-8,13-15,26H,9-12,16H2. The normalized spacial score (nSPS) is 14.0. The van der Waals surface area contributed by atoms with Crippen LogP contribution in [-0.2, 0) is 6.54 Å². The van der Waals surface area contributed by atoms with Crippen molar-refractivity contribution in [3.8, 4) is 0 Å². The van der Waals surface area contributed by atoms with Gasteiger partial charge < -0.3 is 15.1 Å². The van der Waals surface area contributed by atoms with E-state index in [1.807, 2.05) is 35.2 Å². The number of para-hydroxylation sites is 1. The highest BCUT2D eigenvalue weighted by Gasteiger charge is 2.23. The number of nitrogens with one attached hydrogen (secondary N) is 1. The zero-order valence-electron chi connectivity index (χ0n) is 16.0. The first kappa shape index (κ1) is 18.9. The van der Waals surface area contributed by atoms with Gasteiger partial charge in [-0.15, -0.1) is 0 Å². The number of carbonyl (C=O) groups is 1. The largest absolute Gasteiger partial charge is 0.378 e. The lowest BCUT2D eigenvalue weighted by Gasteiger charge is -2.36. The number of piperazine rings is 1. The Hall–Kier alpha value is -3.48. The molecule has 148 valence electrons. The second-order valence-electron chi connectivity index (χ2n) is 6.87. The third-order valence-corrected chi connectivity index (χ3v) is 4.94. The molecule has 0 unspecified atom stereocenters. The Labute approximate surface area is 169 Å². The van der Waals surface area contributed by atoms with Crippen molar-refractivity contribution in [1.29, 1.82) is 0 Å². The van der Waals surface area contributed by atoms with Gasteiger partial charge in [0.25, 0.3) is 5.91 Å². The van der Waals surface area contributed by atoms with Gasteiger partial charge in [-0.25, -0.2) is 4.39 Å². The van der Waals surface area contributed by atoms with Crippen molar-refractivity contribution >= 4 is 17.3 Å². The number of rotatable bonds is 5. The number of amides is 1. The maximum Gasteiger partial charge on any atom is 0.255 e. The zero-order valence-corrected chi connectivity index (χ0v) is 16.0. The van der Waals surface area contributed by atoms with Crippen LogP contribution in [0.25, 0.3) is 0 Å². The summed E-state index contributed by atoms with van der Waals surface area (Å²) >= 11 is 0. The molecule has 2 aromatic heterocycles. The average molecular weight is 391 g/mol. The van der Waals surface area contributed by atoms with E-state index < -0.39 is 0 Å². The molecule has 0 spiro atoms. The number of carbonyl (C=O) groups excluding carboxylic acids is 1. The van der Waals surface area contributed by atoms with Crippen LogP contribution in [0, 0.1) is 5.82 Å². The molecule has 1 aromatic carbocycles. The Morgan fingerprint density at radius 2 is 1.83 bits per heavy atom. The van der Waals surface area contributed by atoms with Crippen molar-refractivity contribution in [2.75, 3.05) is 36.4 Å². The van der Waals surface area contributed by atoms with Crippen molar-refractivity contribution in [2.24, 2.45) is 0 Å². The summed E-state index contributed by atoms with van der Waals surface area (Å²) < 4.78 is 14.0. The maximum atomic E-state index is 14.0. The number of anilines is 2. The summed E-state index contributed by atoms with van der Waals surface area (Å²) in [6.07, 6.45) is 5.02. The lowest BCUT2D eigenvalue weighted by molar-refractivity contribution is 0.0746. The predicted molar refractivity (Wildman–Crippen MR) is 110 cm³/mol. The van der Waals surface area contributed by atoms with Gasteiger partial charge in [-0.05, 0) is 30.3 Å². The Bertz CT molecular complexity index is 974. The molecule has 1 N–H and O–H groups in total. The zero-order chi connectivity index (χ0) is 20.1. The first-order chi connectivity index (χ1) is 14.2. The Balaban J connectivity index is 1.37. The summed E-state index contributed by atoms with van der Waals surface area (Å²) in [5.74, 6) is -0.296. The number of halogens is 1.